The normalized spacial score (nSPS) is 17.2. The van der Waals surface area contributed by atoms with E-state index in [-0.39, 0.29) is 17.7 Å². The van der Waals surface area contributed by atoms with Gasteiger partial charge in [-0.1, -0.05) is 18.2 Å². The van der Waals surface area contributed by atoms with Crippen LogP contribution in [0.4, 0.5) is 0 Å². The zero-order valence-electron chi connectivity index (χ0n) is 20.0. The smallest absolute Gasteiger partial charge is 0.255 e. The van der Waals surface area contributed by atoms with Crippen molar-refractivity contribution in [3.8, 4) is 22.6 Å². The van der Waals surface area contributed by atoms with E-state index in [1.807, 2.05) is 18.2 Å². The molecule has 0 bridgehead atoms. The van der Waals surface area contributed by atoms with Gasteiger partial charge in [-0.25, -0.2) is 0 Å². The van der Waals surface area contributed by atoms with E-state index in [1.165, 1.54) is 0 Å². The van der Waals surface area contributed by atoms with Gasteiger partial charge in [-0.05, 0) is 75.1 Å². The summed E-state index contributed by atoms with van der Waals surface area (Å²) in [4.78, 5) is 20.8. The Balaban J connectivity index is 1.68. The van der Waals surface area contributed by atoms with Crippen LogP contribution in [0.2, 0.25) is 0 Å². The number of aliphatic imine (C=N–C) groups is 1. The second kappa shape index (κ2) is 7.97. The molecule has 0 aliphatic carbocycles. The maximum atomic E-state index is 11.4. The molecule has 2 aliphatic rings. The Morgan fingerprint density at radius 2 is 1.76 bits per heavy atom. The average Bonchev–Trinajstić information content (AvgIpc) is 3.11. The van der Waals surface area contributed by atoms with Crippen LogP contribution in [0.3, 0.4) is 0 Å². The number of primary amides is 1. The van der Waals surface area contributed by atoms with Crippen LogP contribution in [0.1, 0.15) is 49.9 Å². The molecule has 6 heteroatoms. The Kier molecular flexibility index (Phi) is 5.19. The molecule has 2 aliphatic heterocycles. The highest BCUT2D eigenvalue weighted by Crippen LogP contribution is 2.48. The maximum Gasteiger partial charge on any atom is 0.255 e. The topological polar surface area (TPSA) is 86.8 Å². The van der Waals surface area contributed by atoms with Crippen molar-refractivity contribution >= 4 is 11.6 Å². The third kappa shape index (κ3) is 4.16. The van der Waals surface area contributed by atoms with Gasteiger partial charge in [0, 0.05) is 35.5 Å². The molecule has 6 nitrogen and oxygen atoms in total. The van der Waals surface area contributed by atoms with Crippen LogP contribution in [0.15, 0.2) is 59.9 Å². The molecule has 3 heterocycles. The van der Waals surface area contributed by atoms with Crippen LogP contribution >= 0.6 is 0 Å². The third-order valence-corrected chi connectivity index (χ3v) is 6.20. The zero-order valence-corrected chi connectivity index (χ0v) is 20.0. The van der Waals surface area contributed by atoms with Crippen molar-refractivity contribution in [2.24, 2.45) is 10.7 Å². The number of carbonyl (C=O) groups is 1. The first kappa shape index (κ1) is 22.1. The van der Waals surface area contributed by atoms with Gasteiger partial charge >= 0.3 is 0 Å². The minimum absolute atomic E-state index is 0.187. The largest absolute Gasteiger partial charge is 0.483 e. The van der Waals surface area contributed by atoms with Crippen LogP contribution in [0, 0.1) is 0 Å². The fourth-order valence-electron chi connectivity index (χ4n) is 4.92. The summed E-state index contributed by atoms with van der Waals surface area (Å²) in [6, 6.07) is 14.5. The van der Waals surface area contributed by atoms with Crippen molar-refractivity contribution in [2.75, 3.05) is 6.61 Å². The fourth-order valence-corrected chi connectivity index (χ4v) is 4.92. The van der Waals surface area contributed by atoms with Crippen molar-refractivity contribution in [2.45, 2.75) is 51.7 Å². The number of aromatic nitrogens is 1. The predicted octanol–water partition coefficient (Wildman–Crippen LogP) is 4.50. The van der Waals surface area contributed by atoms with Gasteiger partial charge < -0.3 is 15.2 Å². The first-order valence-electron chi connectivity index (χ1n) is 11.5. The zero-order chi connectivity index (χ0) is 24.1. The summed E-state index contributed by atoms with van der Waals surface area (Å²) in [7, 11) is 0. The van der Waals surface area contributed by atoms with Gasteiger partial charge in [0.1, 0.15) is 5.60 Å². The molecule has 3 aromatic rings. The lowest BCUT2D eigenvalue weighted by atomic mass is 9.80. The highest BCUT2D eigenvalue weighted by Gasteiger charge is 2.39. The molecule has 2 aromatic carbocycles. The SMILES string of the molecule is CC1(C)Cc2cc(OCC(N)=O)c3c(c2C(c2cccc(-c4ccncc4)c2)=N1)CC(C)(C)O3. The standard InChI is InChI=1S/C28H29N3O3/c1-27(2)14-20-13-22(33-16-23(29)32)26-21(15-28(3,4)34-26)24(20)25(31-27)19-7-5-6-18(12-19)17-8-10-30-11-9-17/h5-13H,14-16H2,1-4H3,(H2,29,32). The monoisotopic (exact) mass is 455 g/mol. The van der Waals surface area contributed by atoms with Crippen molar-refractivity contribution in [3.63, 3.8) is 0 Å². The molecular weight excluding hydrogens is 426 g/mol. The predicted molar refractivity (Wildman–Crippen MR) is 133 cm³/mol. The molecule has 0 atom stereocenters. The molecule has 0 radical (unpaired) electrons. The fraction of sp³-hybridized carbons (Fsp3) is 0.321. The summed E-state index contributed by atoms with van der Waals surface area (Å²) >= 11 is 0. The number of ether oxygens (including phenoxy) is 2. The van der Waals surface area contributed by atoms with E-state index < -0.39 is 5.91 Å². The minimum atomic E-state index is -0.515. The number of carbonyl (C=O) groups excluding carboxylic acids is 1. The second-order valence-corrected chi connectivity index (χ2v) is 10.3. The molecule has 1 amide bonds. The van der Waals surface area contributed by atoms with E-state index in [2.05, 4.69) is 56.9 Å². The Bertz CT molecular complexity index is 1310. The van der Waals surface area contributed by atoms with E-state index in [4.69, 9.17) is 20.2 Å². The van der Waals surface area contributed by atoms with Crippen molar-refractivity contribution < 1.29 is 14.3 Å². The molecule has 0 fully saturated rings. The molecule has 34 heavy (non-hydrogen) atoms. The summed E-state index contributed by atoms with van der Waals surface area (Å²) in [5, 5.41) is 0. The highest BCUT2D eigenvalue weighted by atomic mass is 16.5. The van der Waals surface area contributed by atoms with Gasteiger partial charge in [0.25, 0.3) is 5.91 Å². The molecule has 1 aromatic heterocycles. The van der Waals surface area contributed by atoms with E-state index >= 15 is 0 Å². The minimum Gasteiger partial charge on any atom is -0.483 e. The van der Waals surface area contributed by atoms with Crippen molar-refractivity contribution in [1.29, 1.82) is 0 Å². The van der Waals surface area contributed by atoms with Crippen LogP contribution < -0.4 is 15.2 Å². The van der Waals surface area contributed by atoms with E-state index in [0.29, 0.717) is 11.5 Å². The lowest BCUT2D eigenvalue weighted by Gasteiger charge is -2.31. The van der Waals surface area contributed by atoms with E-state index in [1.54, 1.807) is 12.4 Å². The summed E-state index contributed by atoms with van der Waals surface area (Å²) in [5.41, 5.74) is 12.2. The Morgan fingerprint density at radius 3 is 2.50 bits per heavy atom. The summed E-state index contributed by atoms with van der Waals surface area (Å²) in [6.45, 7) is 8.21. The van der Waals surface area contributed by atoms with E-state index in [9.17, 15) is 4.79 Å². The van der Waals surface area contributed by atoms with Crippen molar-refractivity contribution in [3.05, 3.63) is 77.1 Å². The van der Waals surface area contributed by atoms with Crippen LogP contribution in [0.5, 0.6) is 11.5 Å². The molecule has 0 spiro atoms. The average molecular weight is 456 g/mol. The Hall–Kier alpha value is -3.67. The van der Waals surface area contributed by atoms with Gasteiger partial charge in [0.15, 0.2) is 18.1 Å². The first-order chi connectivity index (χ1) is 16.1. The number of amides is 1. The lowest BCUT2D eigenvalue weighted by molar-refractivity contribution is -0.119. The molecular formula is C28H29N3O3. The van der Waals surface area contributed by atoms with Gasteiger partial charge in [-0.3, -0.25) is 14.8 Å². The van der Waals surface area contributed by atoms with Crippen molar-refractivity contribution in [1.82, 2.24) is 4.98 Å². The number of hydrogen-bond acceptors (Lipinski definition) is 5. The molecule has 0 saturated heterocycles. The first-order valence-corrected chi connectivity index (χ1v) is 11.5. The molecule has 174 valence electrons. The molecule has 2 N–H and O–H groups in total. The Morgan fingerprint density at radius 1 is 1.03 bits per heavy atom. The second-order valence-electron chi connectivity index (χ2n) is 10.3. The van der Waals surface area contributed by atoms with Crippen LogP contribution in [-0.4, -0.2) is 34.3 Å². The highest BCUT2D eigenvalue weighted by molar-refractivity contribution is 6.16. The molecule has 0 saturated carbocycles. The lowest BCUT2D eigenvalue weighted by Crippen LogP contribution is -2.30. The number of pyridine rings is 1. The quantitative estimate of drug-likeness (QED) is 0.614. The van der Waals surface area contributed by atoms with Gasteiger partial charge in [0.2, 0.25) is 0 Å². The van der Waals surface area contributed by atoms with Crippen LogP contribution in [-0.2, 0) is 17.6 Å². The van der Waals surface area contributed by atoms with Crippen LogP contribution in [0.25, 0.3) is 11.1 Å². The summed E-state index contributed by atoms with van der Waals surface area (Å²) in [6.07, 6.45) is 5.09. The number of nitrogens with two attached hydrogens (primary N) is 1. The summed E-state index contributed by atoms with van der Waals surface area (Å²) < 4.78 is 12.1. The van der Waals surface area contributed by atoms with Gasteiger partial charge in [-0.2, -0.15) is 0 Å². The number of benzene rings is 2. The van der Waals surface area contributed by atoms with Gasteiger partial charge in [-0.15, -0.1) is 0 Å². The number of rotatable bonds is 5. The summed E-state index contributed by atoms with van der Waals surface area (Å²) in [5.74, 6) is 0.739. The Labute approximate surface area is 199 Å². The number of fused-ring (bicyclic) bond motifs is 3. The third-order valence-electron chi connectivity index (χ3n) is 6.20. The number of nitrogens with zero attached hydrogens (tertiary/aromatic N) is 2. The van der Waals surface area contributed by atoms with Gasteiger partial charge in [0.05, 0.1) is 11.3 Å². The van der Waals surface area contributed by atoms with E-state index in [0.717, 1.165) is 51.9 Å². The number of hydrogen-bond donors (Lipinski definition) is 1. The maximum absolute atomic E-state index is 11.4. The molecule has 0 unspecified atom stereocenters. The molecule has 5 rings (SSSR count).